The van der Waals surface area contributed by atoms with E-state index in [9.17, 15) is 9.59 Å². The minimum absolute atomic E-state index is 0.0403. The number of benzene rings is 1. The molecule has 1 aromatic carbocycles. The molecule has 0 unspecified atom stereocenters. The second kappa shape index (κ2) is 11.5. The third kappa shape index (κ3) is 5.78. The molecule has 4 heterocycles. The Balaban J connectivity index is 1.26. The van der Waals surface area contributed by atoms with Gasteiger partial charge in [0.2, 0.25) is 5.91 Å². The molecule has 0 radical (unpaired) electrons. The summed E-state index contributed by atoms with van der Waals surface area (Å²) in [5, 5.41) is 0.650. The summed E-state index contributed by atoms with van der Waals surface area (Å²) in [6.07, 6.45) is 7.02. The molecular weight excluding hydrogens is 466 g/mol. The van der Waals surface area contributed by atoms with E-state index in [1.807, 2.05) is 4.90 Å². The maximum atomic E-state index is 13.5. The summed E-state index contributed by atoms with van der Waals surface area (Å²) < 4.78 is 11.2. The van der Waals surface area contributed by atoms with E-state index in [0.717, 1.165) is 19.4 Å². The number of likely N-dealkylation sites (tertiary alicyclic amines) is 1. The summed E-state index contributed by atoms with van der Waals surface area (Å²) in [6, 6.07) is 7.92. The van der Waals surface area contributed by atoms with Gasteiger partial charge in [-0.15, -0.1) is 0 Å². The van der Waals surface area contributed by atoms with Gasteiger partial charge in [-0.1, -0.05) is 11.6 Å². The van der Waals surface area contributed by atoms with E-state index < -0.39 is 0 Å². The summed E-state index contributed by atoms with van der Waals surface area (Å²) in [5.74, 6) is 1.96. The Labute approximate surface area is 213 Å². The molecule has 4 aliphatic rings. The van der Waals surface area contributed by atoms with Crippen molar-refractivity contribution in [3.05, 3.63) is 29.3 Å². The minimum atomic E-state index is 0.0403. The zero-order valence-electron chi connectivity index (χ0n) is 20.6. The lowest BCUT2D eigenvalue weighted by atomic mass is 9.69. The van der Waals surface area contributed by atoms with Gasteiger partial charge in [0.05, 0.1) is 13.2 Å². The van der Waals surface area contributed by atoms with Crippen LogP contribution in [0.4, 0.5) is 0 Å². The fraction of sp³-hybridized carbons (Fsp3) is 0.704. The first-order valence-electron chi connectivity index (χ1n) is 13.4. The van der Waals surface area contributed by atoms with Crippen molar-refractivity contribution in [1.82, 2.24) is 14.7 Å². The fourth-order valence-electron chi connectivity index (χ4n) is 6.84. The lowest BCUT2D eigenvalue weighted by molar-refractivity contribution is -0.148. The zero-order valence-corrected chi connectivity index (χ0v) is 21.3. The van der Waals surface area contributed by atoms with Crippen LogP contribution in [0.1, 0.15) is 44.9 Å². The molecule has 0 bridgehead atoms. The molecule has 35 heavy (non-hydrogen) atoms. The van der Waals surface area contributed by atoms with Crippen molar-refractivity contribution >= 4 is 23.4 Å². The molecule has 2 amide bonds. The standard InChI is InChI=1S/C27H38ClN3O4/c28-21-8-10-22(11-9-21)35-19-26(33)31-18-20-4-2-12-30-13-3-5-23(27(20)30)24(31)6-1-7-25(32)29-14-16-34-17-15-29/h8-11,20,23-24,27H,1-7,12-19H2/t20-,23+,24+,27-/m0/s1. The number of rotatable bonds is 7. The Morgan fingerprint density at radius 2 is 1.74 bits per heavy atom. The molecular formula is C27H38ClN3O4. The molecule has 4 fully saturated rings. The van der Waals surface area contributed by atoms with Crippen LogP contribution >= 0.6 is 11.6 Å². The molecule has 4 aliphatic heterocycles. The molecule has 0 aliphatic carbocycles. The Morgan fingerprint density at radius 3 is 2.51 bits per heavy atom. The van der Waals surface area contributed by atoms with Crippen molar-refractivity contribution in [3.8, 4) is 5.75 Å². The Kier molecular flexibility index (Phi) is 8.15. The topological polar surface area (TPSA) is 62.3 Å². The molecule has 0 spiro atoms. The van der Waals surface area contributed by atoms with Gasteiger partial charge in [0.1, 0.15) is 5.75 Å². The highest BCUT2D eigenvalue weighted by Crippen LogP contribution is 2.43. The second-order valence-corrected chi connectivity index (χ2v) is 10.9. The van der Waals surface area contributed by atoms with Gasteiger partial charge in [-0.25, -0.2) is 0 Å². The van der Waals surface area contributed by atoms with Gasteiger partial charge in [-0.05, 0) is 87.7 Å². The summed E-state index contributed by atoms with van der Waals surface area (Å²) in [5.41, 5.74) is 0. The number of nitrogens with zero attached hydrogens (tertiary/aromatic N) is 3. The highest BCUT2D eigenvalue weighted by Gasteiger charge is 2.49. The zero-order chi connectivity index (χ0) is 24.2. The van der Waals surface area contributed by atoms with Crippen LogP contribution in [0, 0.1) is 11.8 Å². The molecule has 4 saturated heterocycles. The second-order valence-electron chi connectivity index (χ2n) is 10.5. The maximum Gasteiger partial charge on any atom is 0.260 e. The number of hydrogen-bond donors (Lipinski definition) is 0. The molecule has 4 atom stereocenters. The van der Waals surface area contributed by atoms with Gasteiger partial charge < -0.3 is 19.3 Å². The molecule has 7 nitrogen and oxygen atoms in total. The number of amides is 2. The number of morpholine rings is 1. The summed E-state index contributed by atoms with van der Waals surface area (Å²) in [4.78, 5) is 33.0. The van der Waals surface area contributed by atoms with E-state index in [1.54, 1.807) is 24.3 Å². The molecule has 192 valence electrons. The monoisotopic (exact) mass is 503 g/mol. The first kappa shape index (κ1) is 24.8. The normalized spacial score (nSPS) is 28.9. The van der Waals surface area contributed by atoms with Crippen molar-refractivity contribution in [2.24, 2.45) is 11.8 Å². The first-order valence-corrected chi connectivity index (χ1v) is 13.8. The van der Waals surface area contributed by atoms with Crippen molar-refractivity contribution in [2.45, 2.75) is 57.0 Å². The van der Waals surface area contributed by atoms with Gasteiger partial charge in [-0.3, -0.25) is 14.5 Å². The number of piperidine rings is 3. The van der Waals surface area contributed by atoms with Gasteiger partial charge in [0.15, 0.2) is 6.61 Å². The van der Waals surface area contributed by atoms with E-state index in [0.29, 0.717) is 61.4 Å². The van der Waals surface area contributed by atoms with Crippen LogP contribution in [0.25, 0.3) is 0 Å². The van der Waals surface area contributed by atoms with Crippen LogP contribution in [-0.4, -0.2) is 91.1 Å². The van der Waals surface area contributed by atoms with Crippen LogP contribution in [0.5, 0.6) is 5.75 Å². The van der Waals surface area contributed by atoms with Crippen molar-refractivity contribution in [2.75, 3.05) is 52.5 Å². The van der Waals surface area contributed by atoms with E-state index in [2.05, 4.69) is 9.80 Å². The van der Waals surface area contributed by atoms with Gasteiger partial charge >= 0.3 is 0 Å². The van der Waals surface area contributed by atoms with E-state index in [4.69, 9.17) is 21.1 Å². The number of ether oxygens (including phenoxy) is 2. The molecule has 0 saturated carbocycles. The smallest absolute Gasteiger partial charge is 0.260 e. The van der Waals surface area contributed by atoms with Crippen LogP contribution in [0.3, 0.4) is 0 Å². The Morgan fingerprint density at radius 1 is 1.00 bits per heavy atom. The van der Waals surface area contributed by atoms with Gasteiger partial charge in [0.25, 0.3) is 5.91 Å². The predicted molar refractivity (Wildman–Crippen MR) is 135 cm³/mol. The third-order valence-corrected chi connectivity index (χ3v) is 8.67. The molecule has 8 heteroatoms. The van der Waals surface area contributed by atoms with Crippen LogP contribution in [0.15, 0.2) is 24.3 Å². The summed E-state index contributed by atoms with van der Waals surface area (Å²) in [6.45, 7) is 5.87. The SMILES string of the molecule is O=C(CCC[C@@H]1[C@H]2CCCN3CCC[C@@H](CN1C(=O)COc1ccc(Cl)cc1)[C@@H]23)N1CCOCC1. The van der Waals surface area contributed by atoms with Crippen molar-refractivity contribution in [1.29, 1.82) is 0 Å². The minimum Gasteiger partial charge on any atom is -0.484 e. The van der Waals surface area contributed by atoms with Gasteiger partial charge in [0, 0.05) is 43.2 Å². The van der Waals surface area contributed by atoms with Gasteiger partial charge in [-0.2, -0.15) is 0 Å². The van der Waals surface area contributed by atoms with Crippen molar-refractivity contribution < 1.29 is 19.1 Å². The molecule has 5 rings (SSSR count). The molecule has 1 aromatic rings. The number of halogens is 1. The number of carbonyl (C=O) groups excluding carboxylic acids is 2. The number of hydrogen-bond acceptors (Lipinski definition) is 5. The molecule has 0 aromatic heterocycles. The number of carbonyl (C=O) groups is 2. The van der Waals surface area contributed by atoms with Crippen LogP contribution in [0.2, 0.25) is 5.02 Å². The predicted octanol–water partition coefficient (Wildman–Crippen LogP) is 3.45. The summed E-state index contributed by atoms with van der Waals surface area (Å²) >= 11 is 5.98. The first-order chi connectivity index (χ1) is 17.1. The fourth-order valence-corrected chi connectivity index (χ4v) is 6.97. The molecule has 0 N–H and O–H groups in total. The quantitative estimate of drug-likeness (QED) is 0.570. The maximum absolute atomic E-state index is 13.5. The summed E-state index contributed by atoms with van der Waals surface area (Å²) in [7, 11) is 0. The third-order valence-electron chi connectivity index (χ3n) is 8.42. The Hall–Kier alpha value is -1.83. The average Bonchev–Trinajstić information content (AvgIpc) is 2.90. The van der Waals surface area contributed by atoms with E-state index in [1.165, 1.54) is 38.8 Å². The van der Waals surface area contributed by atoms with E-state index >= 15 is 0 Å². The lowest BCUT2D eigenvalue weighted by Gasteiger charge is -2.57. The van der Waals surface area contributed by atoms with Crippen molar-refractivity contribution in [3.63, 3.8) is 0 Å². The average molecular weight is 504 g/mol. The van der Waals surface area contributed by atoms with Crippen LogP contribution < -0.4 is 4.74 Å². The van der Waals surface area contributed by atoms with E-state index in [-0.39, 0.29) is 24.5 Å². The highest BCUT2D eigenvalue weighted by atomic mass is 35.5. The highest BCUT2D eigenvalue weighted by molar-refractivity contribution is 6.30. The van der Waals surface area contributed by atoms with Crippen LogP contribution in [-0.2, 0) is 14.3 Å². The largest absolute Gasteiger partial charge is 0.484 e. The lowest BCUT2D eigenvalue weighted by Crippen LogP contribution is -2.66. The Bertz CT molecular complexity index is 874.